The van der Waals surface area contributed by atoms with E-state index in [-0.39, 0.29) is 24.0 Å². The molecule has 10 heteroatoms. The zero-order valence-electron chi connectivity index (χ0n) is 18.7. The summed E-state index contributed by atoms with van der Waals surface area (Å²) in [6, 6.07) is 7.63. The molecule has 1 amide bonds. The highest BCUT2D eigenvalue weighted by Crippen LogP contribution is 2.44. The molecular weight excluding hydrogens is 422 g/mol. The lowest BCUT2D eigenvalue weighted by molar-refractivity contribution is 0.0124. The van der Waals surface area contributed by atoms with Crippen LogP contribution >= 0.6 is 0 Å². The van der Waals surface area contributed by atoms with Gasteiger partial charge in [-0.15, -0.1) is 0 Å². The predicted molar refractivity (Wildman–Crippen MR) is 124 cm³/mol. The van der Waals surface area contributed by atoms with Gasteiger partial charge in [0.2, 0.25) is 0 Å². The monoisotopic (exact) mass is 451 g/mol. The molecule has 0 radical (unpaired) electrons. The zero-order chi connectivity index (χ0) is 22.8. The van der Waals surface area contributed by atoms with E-state index in [0.717, 1.165) is 44.4 Å². The van der Waals surface area contributed by atoms with Gasteiger partial charge in [-0.1, -0.05) is 6.07 Å². The molecule has 0 bridgehead atoms. The SMILES string of the molecule is CNc1cc(Nc2cccc([C@H]3CCCCO3)n2)nc2c(C(=O)NCC3(CO)CC3)cnn12. The van der Waals surface area contributed by atoms with Crippen LogP contribution in [0.5, 0.6) is 0 Å². The largest absolute Gasteiger partial charge is 0.396 e. The third-order valence-electron chi connectivity index (χ3n) is 6.43. The Bertz CT molecular complexity index is 1150. The molecule has 5 rings (SSSR count). The summed E-state index contributed by atoms with van der Waals surface area (Å²) in [5.41, 5.74) is 1.54. The molecule has 0 spiro atoms. The number of aromatic nitrogens is 4. The Morgan fingerprint density at radius 2 is 2.15 bits per heavy atom. The number of aliphatic hydroxyl groups is 1. The van der Waals surface area contributed by atoms with Crippen molar-refractivity contribution in [2.24, 2.45) is 5.41 Å². The first-order valence-electron chi connectivity index (χ1n) is 11.4. The number of aliphatic hydroxyl groups excluding tert-OH is 1. The van der Waals surface area contributed by atoms with E-state index >= 15 is 0 Å². The fourth-order valence-electron chi connectivity index (χ4n) is 4.10. The number of amides is 1. The first kappa shape index (κ1) is 21.6. The van der Waals surface area contributed by atoms with Crippen LogP contribution in [-0.4, -0.2) is 57.4 Å². The van der Waals surface area contributed by atoms with Crippen molar-refractivity contribution in [3.63, 3.8) is 0 Å². The number of nitrogens with zero attached hydrogens (tertiary/aromatic N) is 4. The van der Waals surface area contributed by atoms with Gasteiger partial charge in [-0.2, -0.15) is 9.61 Å². The van der Waals surface area contributed by atoms with Gasteiger partial charge in [0.15, 0.2) is 5.65 Å². The number of hydrogen-bond donors (Lipinski definition) is 4. The average molecular weight is 452 g/mol. The maximum absolute atomic E-state index is 12.8. The number of carbonyl (C=O) groups is 1. The fraction of sp³-hybridized carbons (Fsp3) is 0.478. The summed E-state index contributed by atoms with van der Waals surface area (Å²) >= 11 is 0. The van der Waals surface area contributed by atoms with Crippen molar-refractivity contribution >= 4 is 29.0 Å². The minimum Gasteiger partial charge on any atom is -0.396 e. The molecular formula is C23H29N7O3. The second-order valence-electron chi connectivity index (χ2n) is 8.84. The topological polar surface area (TPSA) is 126 Å². The number of carbonyl (C=O) groups excluding carboxylic acids is 1. The number of anilines is 3. The third kappa shape index (κ3) is 4.49. The van der Waals surface area contributed by atoms with Crippen LogP contribution in [0.15, 0.2) is 30.5 Å². The standard InChI is InChI=1S/C23H29N7O3/c1-24-20-11-19(28-18-7-4-5-16(27-18)17-6-2-3-10-33-17)29-21-15(12-26-30(20)21)22(32)25-13-23(14-31)8-9-23/h4-5,7,11-12,17,24,31H,2-3,6,8-10,13-14H2,1H3,(H,25,32)(H,27,28,29)/t17-/m1/s1. The van der Waals surface area contributed by atoms with E-state index < -0.39 is 0 Å². The highest BCUT2D eigenvalue weighted by atomic mass is 16.5. The summed E-state index contributed by atoms with van der Waals surface area (Å²) in [6.07, 6.45) is 6.57. The molecule has 1 saturated carbocycles. The number of hydrogen-bond acceptors (Lipinski definition) is 8. The van der Waals surface area contributed by atoms with Crippen molar-refractivity contribution in [1.82, 2.24) is 24.9 Å². The molecule has 1 aliphatic carbocycles. The molecule has 2 fully saturated rings. The maximum atomic E-state index is 12.8. The van der Waals surface area contributed by atoms with Gasteiger partial charge >= 0.3 is 0 Å². The number of fused-ring (bicyclic) bond motifs is 1. The van der Waals surface area contributed by atoms with Crippen LogP contribution in [0.4, 0.5) is 17.5 Å². The lowest BCUT2D eigenvalue weighted by Gasteiger charge is -2.22. The fourth-order valence-corrected chi connectivity index (χ4v) is 4.10. The lowest BCUT2D eigenvalue weighted by Crippen LogP contribution is -2.31. The van der Waals surface area contributed by atoms with Crippen molar-refractivity contribution in [2.45, 2.75) is 38.2 Å². The molecule has 4 N–H and O–H groups in total. The van der Waals surface area contributed by atoms with Gasteiger partial charge in [-0.05, 0) is 44.2 Å². The van der Waals surface area contributed by atoms with E-state index in [1.54, 1.807) is 11.6 Å². The van der Waals surface area contributed by atoms with Crippen molar-refractivity contribution in [3.8, 4) is 0 Å². The Balaban J connectivity index is 1.39. The molecule has 1 aliphatic heterocycles. The van der Waals surface area contributed by atoms with Gasteiger partial charge in [0.1, 0.15) is 23.0 Å². The molecule has 3 aromatic rings. The van der Waals surface area contributed by atoms with Crippen molar-refractivity contribution in [1.29, 1.82) is 0 Å². The van der Waals surface area contributed by atoms with E-state index in [1.807, 2.05) is 24.3 Å². The first-order valence-corrected chi connectivity index (χ1v) is 11.4. The quantitative estimate of drug-likeness (QED) is 0.412. The van der Waals surface area contributed by atoms with Gasteiger partial charge < -0.3 is 25.8 Å². The van der Waals surface area contributed by atoms with E-state index in [2.05, 4.69) is 26.0 Å². The van der Waals surface area contributed by atoms with Gasteiger partial charge in [0, 0.05) is 31.7 Å². The van der Waals surface area contributed by atoms with Crippen LogP contribution in [0.2, 0.25) is 0 Å². The lowest BCUT2D eigenvalue weighted by atomic mass is 10.1. The van der Waals surface area contributed by atoms with Crippen LogP contribution in [0.25, 0.3) is 5.65 Å². The number of pyridine rings is 1. The molecule has 174 valence electrons. The van der Waals surface area contributed by atoms with E-state index in [9.17, 15) is 9.90 Å². The van der Waals surface area contributed by atoms with Crippen molar-refractivity contribution in [2.75, 3.05) is 37.4 Å². The Hall–Kier alpha value is -3.24. The van der Waals surface area contributed by atoms with Gasteiger partial charge in [0.05, 0.1) is 24.6 Å². The summed E-state index contributed by atoms with van der Waals surface area (Å²) in [4.78, 5) is 22.2. The number of nitrogens with one attached hydrogen (secondary N) is 3. The minimum absolute atomic E-state index is 0.0163. The summed E-state index contributed by atoms with van der Waals surface area (Å²) in [5, 5.41) is 23.1. The van der Waals surface area contributed by atoms with Crippen LogP contribution < -0.4 is 16.0 Å². The maximum Gasteiger partial charge on any atom is 0.256 e. The smallest absolute Gasteiger partial charge is 0.256 e. The number of rotatable bonds is 8. The molecule has 1 atom stereocenters. The van der Waals surface area contributed by atoms with E-state index in [1.165, 1.54) is 6.20 Å². The molecule has 4 heterocycles. The third-order valence-corrected chi connectivity index (χ3v) is 6.43. The van der Waals surface area contributed by atoms with Gasteiger partial charge in [-0.3, -0.25) is 4.79 Å². The Morgan fingerprint density at radius 3 is 2.88 bits per heavy atom. The zero-order valence-corrected chi connectivity index (χ0v) is 18.7. The van der Waals surface area contributed by atoms with Gasteiger partial charge in [0.25, 0.3) is 5.91 Å². The number of ether oxygens (including phenoxy) is 1. The highest BCUT2D eigenvalue weighted by molar-refractivity contribution is 6.00. The second kappa shape index (κ2) is 8.95. The van der Waals surface area contributed by atoms with Gasteiger partial charge in [-0.25, -0.2) is 9.97 Å². The van der Waals surface area contributed by atoms with Crippen LogP contribution in [0.1, 0.15) is 54.3 Å². The minimum atomic E-state index is -0.258. The highest BCUT2D eigenvalue weighted by Gasteiger charge is 2.42. The van der Waals surface area contributed by atoms with E-state index in [0.29, 0.717) is 35.2 Å². The van der Waals surface area contributed by atoms with Crippen molar-refractivity contribution < 1.29 is 14.6 Å². The van der Waals surface area contributed by atoms with Crippen LogP contribution in [0.3, 0.4) is 0 Å². The molecule has 0 unspecified atom stereocenters. The summed E-state index contributed by atoms with van der Waals surface area (Å²) in [7, 11) is 1.79. The van der Waals surface area contributed by atoms with E-state index in [4.69, 9.17) is 9.72 Å². The Morgan fingerprint density at radius 1 is 1.27 bits per heavy atom. The summed E-state index contributed by atoms with van der Waals surface area (Å²) < 4.78 is 7.46. The Kier molecular flexibility index (Phi) is 5.86. The average Bonchev–Trinajstić information content (AvgIpc) is 3.52. The normalized spacial score (nSPS) is 19.3. The second-order valence-corrected chi connectivity index (χ2v) is 8.84. The molecule has 33 heavy (non-hydrogen) atoms. The Labute approximate surface area is 191 Å². The van der Waals surface area contributed by atoms with Crippen LogP contribution in [-0.2, 0) is 4.74 Å². The molecule has 2 aliphatic rings. The first-order chi connectivity index (χ1) is 16.1. The van der Waals surface area contributed by atoms with Crippen LogP contribution in [0, 0.1) is 5.41 Å². The van der Waals surface area contributed by atoms with Crippen molar-refractivity contribution in [3.05, 3.63) is 41.7 Å². The predicted octanol–water partition coefficient (Wildman–Crippen LogP) is 2.65. The molecule has 3 aromatic heterocycles. The summed E-state index contributed by atoms with van der Waals surface area (Å²) in [5.74, 6) is 1.63. The molecule has 1 saturated heterocycles. The molecule has 0 aromatic carbocycles. The summed E-state index contributed by atoms with van der Waals surface area (Å²) in [6.45, 7) is 1.28. The molecule has 10 nitrogen and oxygen atoms in total.